The number of rotatable bonds is 3. The first-order chi connectivity index (χ1) is 4.93. The van der Waals surface area contributed by atoms with Gasteiger partial charge in [0.05, 0.1) is 12.7 Å². The van der Waals surface area contributed by atoms with E-state index in [2.05, 4.69) is 9.98 Å². The van der Waals surface area contributed by atoms with Gasteiger partial charge in [-0.1, -0.05) is 0 Å². The van der Waals surface area contributed by atoms with Crippen LogP contribution >= 0.6 is 0 Å². The van der Waals surface area contributed by atoms with Gasteiger partial charge in [-0.3, -0.25) is 0 Å². The lowest BCUT2D eigenvalue weighted by Crippen LogP contribution is -1.84. The van der Waals surface area contributed by atoms with Crippen molar-refractivity contribution in [3.8, 4) is 0 Å². The molecule has 0 aliphatic heterocycles. The summed E-state index contributed by atoms with van der Waals surface area (Å²) in [6, 6.07) is 0. The first kappa shape index (κ1) is 6.71. The van der Waals surface area contributed by atoms with E-state index in [0.29, 0.717) is 13.0 Å². The molecule has 0 radical (unpaired) electrons. The minimum atomic E-state index is 0.415. The number of aliphatic imine (C=N–C) groups is 1. The van der Waals surface area contributed by atoms with Crippen LogP contribution in [-0.2, 0) is 11.2 Å². The lowest BCUT2D eigenvalue weighted by molar-refractivity contribution is 0.504. The van der Waals surface area contributed by atoms with Crippen molar-refractivity contribution in [2.75, 3.05) is 6.54 Å². The molecule has 52 valence electrons. The Bertz CT molecular complexity index is 224. The molecule has 0 unspecified atom stereocenters. The second kappa shape index (κ2) is 3.58. The fourth-order valence-electron chi connectivity index (χ4n) is 0.577. The molecule has 0 amide bonds. The van der Waals surface area contributed by atoms with Gasteiger partial charge in [-0.05, 0) is 0 Å². The van der Waals surface area contributed by atoms with Gasteiger partial charge in [0.15, 0.2) is 6.39 Å². The summed E-state index contributed by atoms with van der Waals surface area (Å²) < 4.78 is 4.88. The zero-order valence-corrected chi connectivity index (χ0v) is 5.28. The van der Waals surface area contributed by atoms with Gasteiger partial charge in [0.2, 0.25) is 6.08 Å². The number of aromatic nitrogens is 1. The lowest BCUT2D eigenvalue weighted by atomic mass is 10.4. The Morgan fingerprint density at radius 2 is 2.70 bits per heavy atom. The third-order valence-electron chi connectivity index (χ3n) is 1.02. The summed E-state index contributed by atoms with van der Waals surface area (Å²) in [5.74, 6) is 0.735. The first-order valence-corrected chi connectivity index (χ1v) is 2.84. The highest BCUT2D eigenvalue weighted by atomic mass is 16.3. The summed E-state index contributed by atoms with van der Waals surface area (Å²) in [7, 11) is 0. The predicted molar refractivity (Wildman–Crippen MR) is 33.2 cm³/mol. The van der Waals surface area contributed by atoms with Crippen molar-refractivity contribution >= 4 is 6.08 Å². The third kappa shape index (κ3) is 1.84. The molecular formula is C6H6N2O2. The van der Waals surface area contributed by atoms with Crippen molar-refractivity contribution in [3.05, 3.63) is 18.4 Å². The third-order valence-corrected chi connectivity index (χ3v) is 1.02. The summed E-state index contributed by atoms with van der Waals surface area (Å²) in [5, 5.41) is 0. The van der Waals surface area contributed by atoms with E-state index in [0.717, 1.165) is 5.76 Å². The molecule has 1 aromatic heterocycles. The number of oxazole rings is 1. The second-order valence-corrected chi connectivity index (χ2v) is 1.69. The van der Waals surface area contributed by atoms with Crippen LogP contribution in [0.4, 0.5) is 0 Å². The van der Waals surface area contributed by atoms with Crippen LogP contribution in [0, 0.1) is 0 Å². The number of isocyanates is 1. The Labute approximate surface area is 57.6 Å². The van der Waals surface area contributed by atoms with Gasteiger partial charge in [-0.25, -0.2) is 14.8 Å². The number of nitrogens with zero attached hydrogens (tertiary/aromatic N) is 2. The van der Waals surface area contributed by atoms with Crippen LogP contribution in [-0.4, -0.2) is 17.6 Å². The van der Waals surface area contributed by atoms with Gasteiger partial charge in [-0.2, -0.15) is 0 Å². The summed E-state index contributed by atoms with van der Waals surface area (Å²) in [5.41, 5.74) is 0. The zero-order valence-electron chi connectivity index (χ0n) is 5.28. The van der Waals surface area contributed by atoms with Crippen LogP contribution in [0.3, 0.4) is 0 Å². The van der Waals surface area contributed by atoms with Crippen LogP contribution in [0.5, 0.6) is 0 Å². The van der Waals surface area contributed by atoms with Crippen molar-refractivity contribution < 1.29 is 9.21 Å². The summed E-state index contributed by atoms with van der Waals surface area (Å²) in [6.45, 7) is 0.415. The quantitative estimate of drug-likeness (QED) is 0.452. The van der Waals surface area contributed by atoms with E-state index in [4.69, 9.17) is 4.42 Å². The van der Waals surface area contributed by atoms with E-state index < -0.39 is 0 Å². The Morgan fingerprint density at radius 1 is 1.80 bits per heavy atom. The van der Waals surface area contributed by atoms with E-state index in [1.807, 2.05) is 0 Å². The number of carbonyl (C=O) groups excluding carboxylic acids is 1. The fourth-order valence-corrected chi connectivity index (χ4v) is 0.577. The molecule has 1 rings (SSSR count). The Hall–Kier alpha value is -1.41. The van der Waals surface area contributed by atoms with Crippen molar-refractivity contribution in [2.24, 2.45) is 4.99 Å². The molecule has 0 fully saturated rings. The van der Waals surface area contributed by atoms with Crippen molar-refractivity contribution in [2.45, 2.75) is 6.42 Å². The van der Waals surface area contributed by atoms with Crippen molar-refractivity contribution in [1.82, 2.24) is 4.98 Å². The Balaban J connectivity index is 2.34. The largest absolute Gasteiger partial charge is 0.448 e. The lowest BCUT2D eigenvalue weighted by Gasteiger charge is -1.84. The molecule has 0 aliphatic carbocycles. The van der Waals surface area contributed by atoms with Crippen LogP contribution in [0.25, 0.3) is 0 Å². The maximum atomic E-state index is 9.60. The Kier molecular flexibility index (Phi) is 2.40. The average molecular weight is 138 g/mol. The normalized spacial score (nSPS) is 8.80. The van der Waals surface area contributed by atoms with Gasteiger partial charge in [0.25, 0.3) is 0 Å². The minimum Gasteiger partial charge on any atom is -0.448 e. The average Bonchev–Trinajstić information content (AvgIpc) is 2.41. The van der Waals surface area contributed by atoms with E-state index in [-0.39, 0.29) is 0 Å². The number of hydrogen-bond donors (Lipinski definition) is 0. The highest BCUT2D eigenvalue weighted by Crippen LogP contribution is 1.96. The van der Waals surface area contributed by atoms with Gasteiger partial charge in [0.1, 0.15) is 5.76 Å². The topological polar surface area (TPSA) is 55.5 Å². The molecule has 4 heteroatoms. The van der Waals surface area contributed by atoms with E-state index >= 15 is 0 Å². The molecule has 0 aliphatic rings. The predicted octanol–water partition coefficient (Wildman–Crippen LogP) is 0.553. The van der Waals surface area contributed by atoms with Gasteiger partial charge < -0.3 is 4.42 Å². The molecule has 4 nitrogen and oxygen atoms in total. The molecule has 0 atom stereocenters. The molecule has 0 N–H and O–H groups in total. The standard InChI is InChI=1S/C6H6N2O2/c9-4-7-2-1-6-3-8-5-10-6/h3,5H,1-2H2. The molecule has 0 bridgehead atoms. The second-order valence-electron chi connectivity index (χ2n) is 1.69. The van der Waals surface area contributed by atoms with E-state index in [9.17, 15) is 4.79 Å². The Morgan fingerprint density at radius 3 is 3.30 bits per heavy atom. The SMILES string of the molecule is O=C=NCCc1cnco1. The minimum absolute atomic E-state index is 0.415. The van der Waals surface area contributed by atoms with E-state index in [1.54, 1.807) is 6.20 Å². The molecule has 0 saturated carbocycles. The van der Waals surface area contributed by atoms with Gasteiger partial charge >= 0.3 is 0 Å². The molecule has 0 saturated heterocycles. The summed E-state index contributed by atoms with van der Waals surface area (Å²) >= 11 is 0. The highest BCUT2D eigenvalue weighted by Gasteiger charge is 1.92. The van der Waals surface area contributed by atoms with Crippen LogP contribution in [0.2, 0.25) is 0 Å². The van der Waals surface area contributed by atoms with Crippen LogP contribution in [0.15, 0.2) is 22.0 Å². The summed E-state index contributed by atoms with van der Waals surface area (Å²) in [6.07, 6.45) is 4.99. The van der Waals surface area contributed by atoms with Crippen LogP contribution < -0.4 is 0 Å². The van der Waals surface area contributed by atoms with Crippen molar-refractivity contribution in [3.63, 3.8) is 0 Å². The fraction of sp³-hybridized carbons (Fsp3) is 0.333. The first-order valence-electron chi connectivity index (χ1n) is 2.84. The molecule has 10 heavy (non-hydrogen) atoms. The smallest absolute Gasteiger partial charge is 0.234 e. The zero-order chi connectivity index (χ0) is 7.23. The van der Waals surface area contributed by atoms with E-state index in [1.165, 1.54) is 12.5 Å². The molecule has 0 spiro atoms. The maximum Gasteiger partial charge on any atom is 0.234 e. The van der Waals surface area contributed by atoms with Gasteiger partial charge in [-0.15, -0.1) is 0 Å². The summed E-state index contributed by atoms with van der Waals surface area (Å²) in [4.78, 5) is 16.6. The van der Waals surface area contributed by atoms with Crippen molar-refractivity contribution in [1.29, 1.82) is 0 Å². The molecule has 1 aromatic rings. The maximum absolute atomic E-state index is 9.60. The van der Waals surface area contributed by atoms with Gasteiger partial charge in [0, 0.05) is 6.42 Å². The monoisotopic (exact) mass is 138 g/mol. The molecule has 0 aromatic carbocycles. The molecule has 1 heterocycles. The molecular weight excluding hydrogens is 132 g/mol. The highest BCUT2D eigenvalue weighted by molar-refractivity contribution is 5.32. The van der Waals surface area contributed by atoms with Crippen LogP contribution in [0.1, 0.15) is 5.76 Å². The number of hydrogen-bond acceptors (Lipinski definition) is 4.